The van der Waals surface area contributed by atoms with Gasteiger partial charge in [0.05, 0.1) is 6.54 Å². The Bertz CT molecular complexity index is 680. The van der Waals surface area contributed by atoms with Gasteiger partial charge in [-0.1, -0.05) is 11.6 Å². The molecule has 1 aromatic carbocycles. The maximum Gasteiger partial charge on any atom is 0.253 e. The molecule has 22 heavy (non-hydrogen) atoms. The molecule has 0 saturated carbocycles. The fourth-order valence-corrected chi connectivity index (χ4v) is 3.56. The Kier molecular flexibility index (Phi) is 4.64. The van der Waals surface area contributed by atoms with E-state index in [9.17, 15) is 4.79 Å². The predicted octanol–water partition coefficient (Wildman–Crippen LogP) is 3.95. The first kappa shape index (κ1) is 15.3. The number of nitrogens with one attached hydrogen (secondary N) is 1. The maximum absolute atomic E-state index is 12.4. The van der Waals surface area contributed by atoms with Crippen molar-refractivity contribution >= 4 is 34.5 Å². The van der Waals surface area contributed by atoms with E-state index in [0.29, 0.717) is 11.0 Å². The van der Waals surface area contributed by atoms with Crippen molar-refractivity contribution in [1.29, 1.82) is 0 Å². The Hall–Kier alpha value is -1.59. The number of likely N-dealkylation sites (tertiary alicyclic amines) is 1. The topological polar surface area (TPSA) is 45.2 Å². The molecule has 1 fully saturated rings. The Labute approximate surface area is 139 Å². The summed E-state index contributed by atoms with van der Waals surface area (Å²) in [7, 11) is 0. The summed E-state index contributed by atoms with van der Waals surface area (Å²) in [6, 6.07) is 5.83. The zero-order valence-electron chi connectivity index (χ0n) is 12.4. The zero-order valence-corrected chi connectivity index (χ0v) is 14.0. The molecule has 0 radical (unpaired) electrons. The highest BCUT2D eigenvalue weighted by Gasteiger charge is 2.19. The first-order valence-electron chi connectivity index (χ1n) is 7.37. The number of halogens is 1. The van der Waals surface area contributed by atoms with E-state index in [1.165, 1.54) is 11.3 Å². The predicted molar refractivity (Wildman–Crippen MR) is 90.8 cm³/mol. The van der Waals surface area contributed by atoms with Crippen LogP contribution in [0.1, 0.15) is 33.6 Å². The molecule has 1 saturated heterocycles. The average molecular weight is 336 g/mol. The van der Waals surface area contributed by atoms with E-state index < -0.39 is 0 Å². The summed E-state index contributed by atoms with van der Waals surface area (Å²) in [4.78, 5) is 19.4. The highest BCUT2D eigenvalue weighted by molar-refractivity contribution is 7.15. The van der Waals surface area contributed by atoms with Gasteiger partial charge in [-0.15, -0.1) is 11.3 Å². The second-order valence-corrected chi connectivity index (χ2v) is 7.16. The van der Waals surface area contributed by atoms with Crippen LogP contribution in [0.2, 0.25) is 4.47 Å². The van der Waals surface area contributed by atoms with Gasteiger partial charge in [-0.25, -0.2) is 4.98 Å². The lowest BCUT2D eigenvalue weighted by Gasteiger charge is -2.16. The summed E-state index contributed by atoms with van der Waals surface area (Å²) >= 11 is 7.30. The lowest BCUT2D eigenvalue weighted by atomic mass is 10.1. The molecule has 1 aliphatic heterocycles. The van der Waals surface area contributed by atoms with E-state index in [1.54, 1.807) is 6.20 Å². The molecule has 1 N–H and O–H groups in total. The Morgan fingerprint density at radius 1 is 1.41 bits per heavy atom. The number of aromatic nitrogens is 1. The van der Waals surface area contributed by atoms with Crippen molar-refractivity contribution < 1.29 is 4.79 Å². The number of anilines is 1. The van der Waals surface area contributed by atoms with Gasteiger partial charge < -0.3 is 10.2 Å². The third-order valence-corrected chi connectivity index (χ3v) is 4.96. The van der Waals surface area contributed by atoms with Crippen molar-refractivity contribution in [3.63, 3.8) is 0 Å². The van der Waals surface area contributed by atoms with E-state index in [2.05, 4.69) is 10.3 Å². The van der Waals surface area contributed by atoms with Crippen LogP contribution >= 0.6 is 22.9 Å². The van der Waals surface area contributed by atoms with E-state index in [1.807, 2.05) is 30.0 Å². The summed E-state index contributed by atoms with van der Waals surface area (Å²) in [5.74, 6) is 0.140. The minimum atomic E-state index is 0.140. The van der Waals surface area contributed by atoms with Crippen LogP contribution in [0, 0.1) is 6.92 Å². The molecule has 1 aliphatic rings. The van der Waals surface area contributed by atoms with Crippen LogP contribution in [0.4, 0.5) is 5.69 Å². The minimum Gasteiger partial charge on any atom is -0.380 e. The molecule has 3 rings (SSSR count). The highest BCUT2D eigenvalue weighted by Crippen LogP contribution is 2.22. The van der Waals surface area contributed by atoms with Crippen molar-refractivity contribution in [3.05, 3.63) is 44.9 Å². The van der Waals surface area contributed by atoms with Gasteiger partial charge in [0, 0.05) is 35.4 Å². The standard InChI is InChI=1S/C16H18ClN3OS/c1-11-8-12(15(21)20-6-2-3-7-20)4-5-14(11)18-9-13-10-19-16(17)22-13/h4-5,8,10,18H,2-3,6-7,9H2,1H3. The molecule has 0 bridgehead atoms. The second kappa shape index (κ2) is 6.67. The van der Waals surface area contributed by atoms with Crippen LogP contribution < -0.4 is 5.32 Å². The van der Waals surface area contributed by atoms with Gasteiger partial charge in [0.1, 0.15) is 0 Å². The van der Waals surface area contributed by atoms with Crippen LogP contribution in [0.3, 0.4) is 0 Å². The lowest BCUT2D eigenvalue weighted by molar-refractivity contribution is 0.0793. The van der Waals surface area contributed by atoms with Crippen LogP contribution in [0.15, 0.2) is 24.4 Å². The molecule has 6 heteroatoms. The van der Waals surface area contributed by atoms with E-state index >= 15 is 0 Å². The van der Waals surface area contributed by atoms with Crippen molar-refractivity contribution in [2.45, 2.75) is 26.3 Å². The number of carbonyl (C=O) groups excluding carboxylic acids is 1. The summed E-state index contributed by atoms with van der Waals surface area (Å²) in [5, 5.41) is 3.37. The zero-order chi connectivity index (χ0) is 15.5. The number of amides is 1. The number of aryl methyl sites for hydroxylation is 1. The van der Waals surface area contributed by atoms with E-state index in [0.717, 1.165) is 47.6 Å². The summed E-state index contributed by atoms with van der Waals surface area (Å²) in [5.41, 5.74) is 2.87. The summed E-state index contributed by atoms with van der Waals surface area (Å²) in [6.45, 7) is 4.46. The molecular formula is C16H18ClN3OS. The van der Waals surface area contributed by atoms with Crippen LogP contribution in [-0.2, 0) is 6.54 Å². The third-order valence-electron chi connectivity index (χ3n) is 3.85. The average Bonchev–Trinajstić information content (AvgIpc) is 3.16. The second-order valence-electron chi connectivity index (χ2n) is 5.46. The maximum atomic E-state index is 12.4. The summed E-state index contributed by atoms with van der Waals surface area (Å²) < 4.78 is 0.556. The van der Waals surface area contributed by atoms with Crippen molar-refractivity contribution in [2.75, 3.05) is 18.4 Å². The van der Waals surface area contributed by atoms with Gasteiger partial charge in [-0.3, -0.25) is 4.79 Å². The van der Waals surface area contributed by atoms with E-state index in [4.69, 9.17) is 11.6 Å². The highest BCUT2D eigenvalue weighted by atomic mass is 35.5. The molecule has 4 nitrogen and oxygen atoms in total. The molecule has 2 heterocycles. The molecule has 1 aromatic heterocycles. The fraction of sp³-hybridized carbons (Fsp3) is 0.375. The monoisotopic (exact) mass is 335 g/mol. The molecule has 0 aliphatic carbocycles. The van der Waals surface area contributed by atoms with Crippen LogP contribution in [0.5, 0.6) is 0 Å². The first-order valence-corrected chi connectivity index (χ1v) is 8.57. The Morgan fingerprint density at radius 3 is 2.82 bits per heavy atom. The van der Waals surface area contributed by atoms with Crippen LogP contribution in [-0.4, -0.2) is 28.9 Å². The van der Waals surface area contributed by atoms with Crippen molar-refractivity contribution in [2.24, 2.45) is 0 Å². The number of hydrogen-bond donors (Lipinski definition) is 1. The molecular weight excluding hydrogens is 318 g/mol. The number of carbonyl (C=O) groups is 1. The van der Waals surface area contributed by atoms with Crippen LogP contribution in [0.25, 0.3) is 0 Å². The van der Waals surface area contributed by atoms with Gasteiger partial charge in [-0.05, 0) is 43.5 Å². The number of nitrogens with zero attached hydrogens (tertiary/aromatic N) is 2. The number of benzene rings is 1. The van der Waals surface area contributed by atoms with Gasteiger partial charge in [-0.2, -0.15) is 0 Å². The normalized spacial score (nSPS) is 14.4. The molecule has 1 amide bonds. The quantitative estimate of drug-likeness (QED) is 0.920. The Morgan fingerprint density at radius 2 is 2.18 bits per heavy atom. The number of hydrogen-bond acceptors (Lipinski definition) is 4. The van der Waals surface area contributed by atoms with Gasteiger partial charge >= 0.3 is 0 Å². The largest absolute Gasteiger partial charge is 0.380 e. The van der Waals surface area contributed by atoms with Gasteiger partial charge in [0.15, 0.2) is 4.47 Å². The fourth-order valence-electron chi connectivity index (χ4n) is 2.65. The molecule has 0 unspecified atom stereocenters. The molecule has 0 atom stereocenters. The number of thiazole rings is 1. The lowest BCUT2D eigenvalue weighted by Crippen LogP contribution is -2.27. The minimum absolute atomic E-state index is 0.140. The molecule has 2 aromatic rings. The molecule has 116 valence electrons. The SMILES string of the molecule is Cc1cc(C(=O)N2CCCC2)ccc1NCc1cnc(Cl)s1. The van der Waals surface area contributed by atoms with Crippen molar-refractivity contribution in [3.8, 4) is 0 Å². The summed E-state index contributed by atoms with van der Waals surface area (Å²) in [6.07, 6.45) is 4.00. The smallest absolute Gasteiger partial charge is 0.253 e. The van der Waals surface area contributed by atoms with Gasteiger partial charge in [0.2, 0.25) is 0 Å². The number of rotatable bonds is 4. The molecule has 0 spiro atoms. The third kappa shape index (κ3) is 3.42. The van der Waals surface area contributed by atoms with Gasteiger partial charge in [0.25, 0.3) is 5.91 Å². The van der Waals surface area contributed by atoms with Crippen molar-refractivity contribution in [1.82, 2.24) is 9.88 Å². The van der Waals surface area contributed by atoms with E-state index in [-0.39, 0.29) is 5.91 Å². The Balaban J connectivity index is 1.67. The first-order chi connectivity index (χ1) is 10.6.